The molecule has 4 aromatic rings. The molecule has 32 heavy (non-hydrogen) atoms. The van der Waals surface area contributed by atoms with Crippen molar-refractivity contribution in [3.63, 3.8) is 0 Å². The van der Waals surface area contributed by atoms with Crippen molar-refractivity contribution in [3.8, 4) is 5.69 Å². The van der Waals surface area contributed by atoms with Gasteiger partial charge in [-0.1, -0.05) is 36.4 Å². The van der Waals surface area contributed by atoms with Crippen molar-refractivity contribution < 1.29 is 9.53 Å². The number of nitrogens with zero attached hydrogens (tertiary/aromatic N) is 1. The Bertz CT molecular complexity index is 1120. The van der Waals surface area contributed by atoms with E-state index < -0.39 is 6.09 Å². The monoisotopic (exact) mass is 482 g/mol. The van der Waals surface area contributed by atoms with Crippen molar-refractivity contribution in [3.05, 3.63) is 72.8 Å². The highest BCUT2D eigenvalue weighted by Gasteiger charge is 2.11. The predicted octanol–water partition coefficient (Wildman–Crippen LogP) is 6.73. The molecule has 1 heterocycles. The van der Waals surface area contributed by atoms with Gasteiger partial charge < -0.3 is 9.30 Å². The molecule has 0 fully saturated rings. The zero-order valence-electron chi connectivity index (χ0n) is 17.7. The first kappa shape index (κ1) is 23.0. The van der Waals surface area contributed by atoms with E-state index in [-0.39, 0.29) is 0 Å². The molecule has 7 heteroatoms. The number of ether oxygens (including phenoxy) is 1. The SMILES string of the molecule is O=C(Nc1ccc(-n2c3ccccc3c3ccccc32)cc1)OCCSCCSCCS. The highest BCUT2D eigenvalue weighted by atomic mass is 32.2. The standard InChI is InChI=1S/C25H26N2O2S3/c28-25(29-13-15-31-17-18-32-16-14-30)26-19-9-11-20(12-10-19)27-23-7-3-1-5-21(23)22-6-2-4-8-24(22)27/h1-12,30H,13-18H2,(H,26,28). The maximum atomic E-state index is 12.1. The number of aromatic nitrogens is 1. The predicted molar refractivity (Wildman–Crippen MR) is 144 cm³/mol. The molecule has 1 aromatic heterocycles. The van der Waals surface area contributed by atoms with Crippen LogP contribution in [0.15, 0.2) is 72.8 Å². The Hall–Kier alpha value is -2.22. The molecule has 0 saturated heterocycles. The number of para-hydroxylation sites is 2. The maximum Gasteiger partial charge on any atom is 0.411 e. The van der Waals surface area contributed by atoms with E-state index in [9.17, 15) is 4.79 Å². The van der Waals surface area contributed by atoms with Crippen molar-refractivity contribution in [1.82, 2.24) is 4.57 Å². The van der Waals surface area contributed by atoms with Crippen LogP contribution in [0.2, 0.25) is 0 Å². The van der Waals surface area contributed by atoms with Gasteiger partial charge in [0.1, 0.15) is 6.61 Å². The average molecular weight is 483 g/mol. The lowest BCUT2D eigenvalue weighted by Crippen LogP contribution is -2.15. The van der Waals surface area contributed by atoms with E-state index in [0.29, 0.717) is 6.61 Å². The highest BCUT2D eigenvalue weighted by molar-refractivity contribution is 8.03. The van der Waals surface area contributed by atoms with E-state index in [1.54, 1.807) is 11.8 Å². The third-order valence-electron chi connectivity index (χ3n) is 5.02. The fourth-order valence-electron chi connectivity index (χ4n) is 3.63. The van der Waals surface area contributed by atoms with Crippen molar-refractivity contribution in [2.75, 3.05) is 40.7 Å². The Kier molecular flexibility index (Phi) is 8.31. The van der Waals surface area contributed by atoms with E-state index in [4.69, 9.17) is 4.74 Å². The van der Waals surface area contributed by atoms with Crippen LogP contribution in [0, 0.1) is 0 Å². The summed E-state index contributed by atoms with van der Waals surface area (Å²) in [6.07, 6.45) is -0.417. The second-order valence-corrected chi connectivity index (χ2v) is 10.0. The van der Waals surface area contributed by atoms with Gasteiger partial charge in [-0.3, -0.25) is 5.32 Å². The number of anilines is 1. The minimum absolute atomic E-state index is 0.410. The van der Waals surface area contributed by atoms with Gasteiger partial charge in [-0.15, -0.1) is 0 Å². The number of hydrogen-bond acceptors (Lipinski definition) is 5. The molecule has 0 aliphatic heterocycles. The topological polar surface area (TPSA) is 43.3 Å². The van der Waals surface area contributed by atoms with Crippen molar-refractivity contribution in [2.45, 2.75) is 0 Å². The van der Waals surface area contributed by atoms with E-state index in [1.807, 2.05) is 36.0 Å². The molecular weight excluding hydrogens is 456 g/mol. The van der Waals surface area contributed by atoms with Gasteiger partial charge in [0.05, 0.1) is 11.0 Å². The third-order valence-corrected chi connectivity index (χ3v) is 7.74. The molecule has 0 bridgehead atoms. The zero-order valence-corrected chi connectivity index (χ0v) is 20.2. The largest absolute Gasteiger partial charge is 0.448 e. The summed E-state index contributed by atoms with van der Waals surface area (Å²) in [6.45, 7) is 0.410. The van der Waals surface area contributed by atoms with Crippen LogP contribution in [0.4, 0.5) is 10.5 Å². The van der Waals surface area contributed by atoms with Gasteiger partial charge in [-0.25, -0.2) is 4.79 Å². The highest BCUT2D eigenvalue weighted by Crippen LogP contribution is 2.31. The average Bonchev–Trinajstić information content (AvgIpc) is 3.16. The lowest BCUT2D eigenvalue weighted by atomic mass is 10.2. The van der Waals surface area contributed by atoms with E-state index in [2.05, 4.69) is 71.0 Å². The molecule has 4 nitrogen and oxygen atoms in total. The Morgan fingerprint density at radius 1 is 0.812 bits per heavy atom. The molecule has 0 atom stereocenters. The lowest BCUT2D eigenvalue weighted by molar-refractivity contribution is 0.169. The van der Waals surface area contributed by atoms with Crippen molar-refractivity contribution >= 4 is 69.7 Å². The molecule has 0 aliphatic rings. The van der Waals surface area contributed by atoms with Gasteiger partial charge >= 0.3 is 6.09 Å². The minimum Gasteiger partial charge on any atom is -0.448 e. The molecule has 1 amide bonds. The smallest absolute Gasteiger partial charge is 0.411 e. The van der Waals surface area contributed by atoms with Crippen LogP contribution in [0.1, 0.15) is 0 Å². The molecule has 0 saturated carbocycles. The Labute approximate surface area is 202 Å². The Morgan fingerprint density at radius 3 is 2.03 bits per heavy atom. The second-order valence-electron chi connectivity index (χ2n) is 7.13. The number of nitrogens with one attached hydrogen (secondary N) is 1. The molecule has 0 aliphatic carbocycles. The van der Waals surface area contributed by atoms with Gasteiger partial charge in [0.25, 0.3) is 0 Å². The maximum absolute atomic E-state index is 12.1. The molecule has 166 valence electrons. The lowest BCUT2D eigenvalue weighted by Gasteiger charge is -2.10. The van der Waals surface area contributed by atoms with Crippen LogP contribution in [-0.2, 0) is 4.74 Å². The van der Waals surface area contributed by atoms with Crippen molar-refractivity contribution in [1.29, 1.82) is 0 Å². The number of amides is 1. The van der Waals surface area contributed by atoms with Crippen LogP contribution in [0.3, 0.4) is 0 Å². The van der Waals surface area contributed by atoms with Crippen LogP contribution in [0.5, 0.6) is 0 Å². The summed E-state index contributed by atoms with van der Waals surface area (Å²) in [4.78, 5) is 12.1. The molecule has 4 rings (SSSR count). The van der Waals surface area contributed by atoms with E-state index in [0.717, 1.165) is 51.2 Å². The number of benzene rings is 3. The summed E-state index contributed by atoms with van der Waals surface area (Å²) in [5, 5.41) is 5.27. The van der Waals surface area contributed by atoms with Gasteiger partial charge in [0, 0.05) is 45.2 Å². The number of carbonyl (C=O) groups excluding carboxylic acids is 1. The number of hydrogen-bond donors (Lipinski definition) is 2. The fourth-order valence-corrected chi connectivity index (χ4v) is 5.70. The number of fused-ring (bicyclic) bond motifs is 3. The van der Waals surface area contributed by atoms with Crippen LogP contribution in [0.25, 0.3) is 27.5 Å². The molecule has 1 N–H and O–H groups in total. The first-order valence-corrected chi connectivity index (χ1v) is 13.5. The molecule has 0 spiro atoms. The zero-order chi connectivity index (χ0) is 22.2. The van der Waals surface area contributed by atoms with E-state index >= 15 is 0 Å². The Balaban J connectivity index is 1.35. The summed E-state index contributed by atoms with van der Waals surface area (Å²) >= 11 is 7.90. The summed E-state index contributed by atoms with van der Waals surface area (Å²) in [7, 11) is 0. The third kappa shape index (κ3) is 5.57. The number of thiol groups is 1. The number of rotatable bonds is 10. The van der Waals surface area contributed by atoms with Crippen molar-refractivity contribution in [2.24, 2.45) is 0 Å². The van der Waals surface area contributed by atoms with Crippen LogP contribution in [-0.4, -0.2) is 46.0 Å². The molecule has 0 unspecified atom stereocenters. The number of carbonyl (C=O) groups is 1. The quantitative estimate of drug-likeness (QED) is 0.194. The summed E-state index contributed by atoms with van der Waals surface area (Å²) in [5.74, 6) is 4.97. The molecule has 3 aromatic carbocycles. The fraction of sp³-hybridized carbons (Fsp3) is 0.240. The first-order chi connectivity index (χ1) is 15.8. The molecular formula is C25H26N2O2S3. The summed E-state index contributed by atoms with van der Waals surface area (Å²) in [6, 6.07) is 24.7. The van der Waals surface area contributed by atoms with Gasteiger partial charge in [-0.05, 0) is 42.2 Å². The normalized spacial score (nSPS) is 11.2. The minimum atomic E-state index is -0.417. The first-order valence-electron chi connectivity index (χ1n) is 10.6. The van der Waals surface area contributed by atoms with E-state index in [1.165, 1.54) is 10.8 Å². The number of thioether (sulfide) groups is 2. The summed E-state index contributed by atoms with van der Waals surface area (Å²) in [5.41, 5.74) is 4.09. The second kappa shape index (κ2) is 11.6. The summed E-state index contributed by atoms with van der Waals surface area (Å²) < 4.78 is 7.54. The van der Waals surface area contributed by atoms with Crippen LogP contribution >= 0.6 is 36.2 Å². The van der Waals surface area contributed by atoms with Gasteiger partial charge in [0.15, 0.2) is 0 Å². The van der Waals surface area contributed by atoms with Gasteiger partial charge in [0.2, 0.25) is 0 Å². The van der Waals surface area contributed by atoms with Gasteiger partial charge in [-0.2, -0.15) is 36.2 Å². The Morgan fingerprint density at radius 2 is 1.41 bits per heavy atom. The molecule has 0 radical (unpaired) electrons. The van der Waals surface area contributed by atoms with Crippen LogP contribution < -0.4 is 5.32 Å².